The molecule has 1 nitrogen and oxygen atoms in total. The summed E-state index contributed by atoms with van der Waals surface area (Å²) in [6.45, 7) is 0. The van der Waals surface area contributed by atoms with Gasteiger partial charge in [0.15, 0.2) is 0 Å². The Labute approximate surface area is 42.4 Å². The van der Waals surface area contributed by atoms with Gasteiger partial charge in [-0.05, 0) is 24.2 Å². The van der Waals surface area contributed by atoms with E-state index in [1.807, 2.05) is 0 Å². The maximum absolute atomic E-state index is 4.12. The van der Waals surface area contributed by atoms with Crippen molar-refractivity contribution >= 4 is 6.21 Å². The molecule has 1 aliphatic heterocycles. The Kier molecular flexibility index (Phi) is 0.234. The molecule has 2 aliphatic carbocycles. The van der Waals surface area contributed by atoms with Gasteiger partial charge in [0.05, 0.1) is 6.04 Å². The summed E-state index contributed by atoms with van der Waals surface area (Å²) in [5.74, 6) is 3.35. The smallest absolute Gasteiger partial charge is 0.0876 e. The van der Waals surface area contributed by atoms with Gasteiger partial charge < -0.3 is 0 Å². The third-order valence-corrected chi connectivity index (χ3v) is 2.45. The Morgan fingerprint density at radius 3 is 2.29 bits per heavy atom. The molecule has 3 rings (SSSR count). The first-order chi connectivity index (χ1) is 3.47. The number of nitrogens with zero attached hydrogens (tertiary/aromatic N) is 1. The molecule has 0 aromatic carbocycles. The Hall–Kier alpha value is -0.330. The Morgan fingerprint density at radius 1 is 1.43 bits per heavy atom. The second-order valence-electron chi connectivity index (χ2n) is 2.93. The molecule has 0 bridgehead atoms. The molecule has 0 spiro atoms. The molecule has 3 aliphatic rings. The van der Waals surface area contributed by atoms with Crippen LogP contribution in [0.25, 0.3) is 0 Å². The molecular weight excluding hydrogens is 86.1 g/mol. The minimum Gasteiger partial charge on any atom is -0.286 e. The van der Waals surface area contributed by atoms with Crippen LogP contribution < -0.4 is 0 Å². The van der Waals surface area contributed by atoms with Crippen LogP contribution >= 0.6 is 0 Å². The number of hydrogen-bond donors (Lipinski definition) is 0. The second kappa shape index (κ2) is 0.575. The zero-order chi connectivity index (χ0) is 4.43. The van der Waals surface area contributed by atoms with Gasteiger partial charge in [0.2, 0.25) is 0 Å². The summed E-state index contributed by atoms with van der Waals surface area (Å²) in [7, 11) is 0. The second-order valence-corrected chi connectivity index (χ2v) is 2.93. The molecule has 0 aromatic heterocycles. The third kappa shape index (κ3) is 0.219. The van der Waals surface area contributed by atoms with Crippen LogP contribution in [0.2, 0.25) is 0 Å². The van der Waals surface area contributed by atoms with Crippen LogP contribution in [0.1, 0.15) is 6.42 Å². The summed E-state index contributed by atoms with van der Waals surface area (Å²) in [5.41, 5.74) is 0. The fraction of sp³-hybridized carbons (Fsp3) is 0.833. The highest BCUT2D eigenvalue weighted by Crippen LogP contribution is 2.70. The minimum absolute atomic E-state index is 0.740. The van der Waals surface area contributed by atoms with Crippen molar-refractivity contribution in [3.63, 3.8) is 0 Å². The number of rotatable bonds is 1. The SMILES string of the molecule is C1=NC1C1C2CC21. The van der Waals surface area contributed by atoms with Gasteiger partial charge in [-0.3, -0.25) is 4.99 Å². The average molecular weight is 93.1 g/mol. The van der Waals surface area contributed by atoms with Crippen LogP contribution in [0, 0.1) is 17.8 Å². The Balaban J connectivity index is 1.80. The van der Waals surface area contributed by atoms with Crippen molar-refractivity contribution in [2.75, 3.05) is 0 Å². The fourth-order valence-corrected chi connectivity index (χ4v) is 1.58. The molecule has 0 aromatic rings. The van der Waals surface area contributed by atoms with E-state index in [0.717, 1.165) is 23.8 Å². The fourth-order valence-electron chi connectivity index (χ4n) is 1.58. The zero-order valence-electron chi connectivity index (χ0n) is 4.04. The predicted molar refractivity (Wildman–Crippen MR) is 27.4 cm³/mol. The molecule has 0 radical (unpaired) electrons. The van der Waals surface area contributed by atoms with E-state index in [4.69, 9.17) is 0 Å². The molecule has 0 amide bonds. The third-order valence-electron chi connectivity index (χ3n) is 2.45. The van der Waals surface area contributed by atoms with E-state index in [-0.39, 0.29) is 0 Å². The van der Waals surface area contributed by atoms with Crippen molar-refractivity contribution in [2.24, 2.45) is 22.7 Å². The summed E-state index contributed by atoms with van der Waals surface area (Å²) in [5, 5.41) is 0. The first kappa shape index (κ1) is 2.85. The average Bonchev–Trinajstić information content (AvgIpc) is 2.28. The van der Waals surface area contributed by atoms with E-state index < -0.39 is 0 Å². The minimum atomic E-state index is 0.740. The van der Waals surface area contributed by atoms with Crippen molar-refractivity contribution in [3.05, 3.63) is 0 Å². The van der Waals surface area contributed by atoms with Crippen LogP contribution in [-0.4, -0.2) is 12.3 Å². The van der Waals surface area contributed by atoms with Crippen LogP contribution in [0.3, 0.4) is 0 Å². The lowest BCUT2D eigenvalue weighted by Gasteiger charge is -1.93. The van der Waals surface area contributed by atoms with E-state index in [0.29, 0.717) is 0 Å². The number of fused-ring (bicyclic) bond motifs is 1. The molecule has 0 saturated heterocycles. The zero-order valence-corrected chi connectivity index (χ0v) is 4.04. The normalized spacial score (nSPS) is 69.7. The molecule has 1 heteroatoms. The van der Waals surface area contributed by atoms with Gasteiger partial charge in [-0.25, -0.2) is 0 Å². The van der Waals surface area contributed by atoms with Gasteiger partial charge in [-0.15, -0.1) is 0 Å². The van der Waals surface area contributed by atoms with Gasteiger partial charge in [0.25, 0.3) is 0 Å². The first-order valence-electron chi connectivity index (χ1n) is 3.00. The van der Waals surface area contributed by atoms with Crippen molar-refractivity contribution < 1.29 is 0 Å². The maximum atomic E-state index is 4.12. The summed E-state index contributed by atoms with van der Waals surface area (Å²) < 4.78 is 0. The maximum Gasteiger partial charge on any atom is 0.0876 e. The summed E-state index contributed by atoms with van der Waals surface area (Å²) in [4.78, 5) is 4.12. The van der Waals surface area contributed by atoms with Crippen LogP contribution in [0.15, 0.2) is 4.99 Å². The largest absolute Gasteiger partial charge is 0.286 e. The monoisotopic (exact) mass is 93.1 g/mol. The van der Waals surface area contributed by atoms with Gasteiger partial charge in [-0.2, -0.15) is 0 Å². The Morgan fingerprint density at radius 2 is 2.14 bits per heavy atom. The lowest BCUT2D eigenvalue weighted by Crippen LogP contribution is -1.98. The van der Waals surface area contributed by atoms with Crippen LogP contribution in [0.5, 0.6) is 0 Å². The molecule has 3 unspecified atom stereocenters. The molecule has 1 heterocycles. The van der Waals surface area contributed by atoms with Gasteiger partial charge in [0.1, 0.15) is 0 Å². The molecule has 7 heavy (non-hydrogen) atoms. The van der Waals surface area contributed by atoms with E-state index >= 15 is 0 Å². The molecule has 0 N–H and O–H groups in total. The summed E-state index contributed by atoms with van der Waals surface area (Å²) >= 11 is 0. The van der Waals surface area contributed by atoms with Crippen molar-refractivity contribution in [1.82, 2.24) is 0 Å². The molecule has 36 valence electrons. The highest BCUT2D eigenvalue weighted by atomic mass is 15.0. The van der Waals surface area contributed by atoms with Crippen LogP contribution in [0.4, 0.5) is 0 Å². The first-order valence-corrected chi connectivity index (χ1v) is 3.00. The van der Waals surface area contributed by atoms with E-state index in [9.17, 15) is 0 Å². The van der Waals surface area contributed by atoms with Gasteiger partial charge >= 0.3 is 0 Å². The topological polar surface area (TPSA) is 12.4 Å². The molecule has 2 fully saturated rings. The van der Waals surface area contributed by atoms with Crippen molar-refractivity contribution in [2.45, 2.75) is 12.5 Å². The molecule has 3 atom stereocenters. The van der Waals surface area contributed by atoms with E-state index in [1.165, 1.54) is 6.42 Å². The quantitative estimate of drug-likeness (QED) is 0.452. The number of aliphatic imine (C=N–C) groups is 1. The van der Waals surface area contributed by atoms with Crippen LogP contribution in [-0.2, 0) is 0 Å². The summed E-state index contributed by atoms with van der Waals surface area (Å²) in [6.07, 6.45) is 3.63. The lowest BCUT2D eigenvalue weighted by atomic mass is 10.1. The van der Waals surface area contributed by atoms with Crippen molar-refractivity contribution in [1.29, 1.82) is 0 Å². The van der Waals surface area contributed by atoms with Crippen molar-refractivity contribution in [3.8, 4) is 0 Å². The molecular formula is C6H7N. The van der Waals surface area contributed by atoms with Gasteiger partial charge in [0, 0.05) is 6.21 Å². The summed E-state index contributed by atoms with van der Waals surface area (Å²) in [6, 6.07) is 0.740. The lowest BCUT2D eigenvalue weighted by molar-refractivity contribution is 0.617. The highest BCUT2D eigenvalue weighted by molar-refractivity contribution is 5.79. The Bertz CT molecular complexity index is 136. The highest BCUT2D eigenvalue weighted by Gasteiger charge is 2.67. The number of hydrogen-bond acceptors (Lipinski definition) is 1. The standard InChI is InChI=1S/C6H7N/c1-3-4(1)6(3)5-2-7-5/h2-6H,1H2. The predicted octanol–water partition coefficient (Wildman–Crippen LogP) is 0.705. The molecule has 2 saturated carbocycles. The van der Waals surface area contributed by atoms with E-state index in [2.05, 4.69) is 11.2 Å². The van der Waals surface area contributed by atoms with Gasteiger partial charge in [-0.1, -0.05) is 0 Å². The van der Waals surface area contributed by atoms with E-state index in [1.54, 1.807) is 0 Å².